The molecule has 0 saturated heterocycles. The molecule has 0 fully saturated rings. The van der Waals surface area contributed by atoms with E-state index < -0.39 is 11.6 Å². The van der Waals surface area contributed by atoms with Crippen LogP contribution in [0.1, 0.15) is 10.6 Å². The molecule has 0 saturated carbocycles. The smallest absolute Gasteiger partial charge is 0.379 e. The summed E-state index contributed by atoms with van der Waals surface area (Å²) < 4.78 is 22.9. The number of thiazole rings is 1. The number of para-hydroxylation sites is 2. The molecule has 3 aromatic carbocycles. The Bertz CT molecular complexity index is 1740. The molecular formula is C26H15NO6S. The van der Waals surface area contributed by atoms with Crippen molar-refractivity contribution in [2.45, 2.75) is 0 Å². The summed E-state index contributed by atoms with van der Waals surface area (Å²) in [7, 11) is 1.53. The lowest BCUT2D eigenvalue weighted by Gasteiger charge is -2.04. The lowest BCUT2D eigenvalue weighted by molar-refractivity contribution is 0.0704. The Morgan fingerprint density at radius 1 is 0.941 bits per heavy atom. The lowest BCUT2D eigenvalue weighted by atomic mass is 10.2. The minimum Gasteiger partial charge on any atom is -0.493 e. The first-order valence-corrected chi connectivity index (χ1v) is 11.1. The normalized spacial score (nSPS) is 11.3. The molecule has 3 aromatic heterocycles. The van der Waals surface area contributed by atoms with Gasteiger partial charge in [-0.3, -0.25) is 0 Å². The summed E-state index contributed by atoms with van der Waals surface area (Å²) in [5, 5.41) is 1.99. The number of nitrogens with zero attached hydrogens (tertiary/aromatic N) is 1. The highest BCUT2D eigenvalue weighted by Gasteiger charge is 2.18. The largest absolute Gasteiger partial charge is 0.493 e. The van der Waals surface area contributed by atoms with Gasteiger partial charge in [0.05, 0.1) is 22.9 Å². The van der Waals surface area contributed by atoms with E-state index in [9.17, 15) is 9.59 Å². The van der Waals surface area contributed by atoms with Crippen LogP contribution in [0.3, 0.4) is 0 Å². The summed E-state index contributed by atoms with van der Waals surface area (Å²) in [5.41, 5.74) is 1.46. The van der Waals surface area contributed by atoms with E-state index in [1.165, 1.54) is 24.5 Å². The van der Waals surface area contributed by atoms with Gasteiger partial charge in [0, 0.05) is 16.8 Å². The molecule has 34 heavy (non-hydrogen) atoms. The molecule has 166 valence electrons. The van der Waals surface area contributed by atoms with Gasteiger partial charge in [0.15, 0.2) is 11.3 Å². The molecule has 0 N–H and O–H groups in total. The zero-order valence-electron chi connectivity index (χ0n) is 17.7. The molecule has 7 nitrogen and oxygen atoms in total. The van der Waals surface area contributed by atoms with Crippen molar-refractivity contribution in [1.82, 2.24) is 4.98 Å². The Kier molecular flexibility index (Phi) is 4.67. The number of ether oxygens (including phenoxy) is 2. The number of fused-ring (bicyclic) bond motifs is 3. The molecule has 0 aliphatic heterocycles. The number of hydrogen-bond acceptors (Lipinski definition) is 8. The maximum absolute atomic E-state index is 12.7. The zero-order chi connectivity index (χ0) is 23.2. The van der Waals surface area contributed by atoms with Crippen molar-refractivity contribution in [2.24, 2.45) is 0 Å². The topological polar surface area (TPSA) is 91.8 Å². The molecule has 0 bridgehead atoms. The number of hydrogen-bond donors (Lipinski definition) is 0. The van der Waals surface area contributed by atoms with Crippen LogP contribution in [0.2, 0.25) is 0 Å². The van der Waals surface area contributed by atoms with E-state index in [0.29, 0.717) is 32.9 Å². The molecule has 0 amide bonds. The highest BCUT2D eigenvalue weighted by atomic mass is 32.1. The van der Waals surface area contributed by atoms with Crippen molar-refractivity contribution in [2.75, 3.05) is 7.11 Å². The average Bonchev–Trinajstić information content (AvgIpc) is 3.48. The van der Waals surface area contributed by atoms with E-state index in [-0.39, 0.29) is 11.5 Å². The second-order valence-corrected chi connectivity index (χ2v) is 8.54. The quantitative estimate of drug-likeness (QED) is 0.176. The molecule has 0 atom stereocenters. The van der Waals surface area contributed by atoms with Crippen molar-refractivity contribution >= 4 is 49.5 Å². The van der Waals surface area contributed by atoms with Gasteiger partial charge in [0.2, 0.25) is 5.76 Å². The van der Waals surface area contributed by atoms with E-state index in [1.807, 2.05) is 30.3 Å². The van der Waals surface area contributed by atoms with Crippen LogP contribution in [0.4, 0.5) is 0 Å². The molecule has 0 aliphatic carbocycles. The Morgan fingerprint density at radius 2 is 1.82 bits per heavy atom. The molecule has 6 rings (SSSR count). The minimum absolute atomic E-state index is 0.0345. The molecule has 6 aromatic rings. The summed E-state index contributed by atoms with van der Waals surface area (Å²) in [4.78, 5) is 29.9. The Labute approximate surface area is 195 Å². The number of furan rings is 1. The molecular weight excluding hydrogens is 454 g/mol. The fourth-order valence-electron chi connectivity index (χ4n) is 3.75. The van der Waals surface area contributed by atoms with Crippen molar-refractivity contribution < 1.29 is 23.1 Å². The number of aromatic nitrogens is 1. The number of esters is 1. The fraction of sp³-hybridized carbons (Fsp3) is 0.0385. The molecule has 8 heteroatoms. The third kappa shape index (κ3) is 3.41. The van der Waals surface area contributed by atoms with Crippen molar-refractivity contribution in [3.8, 4) is 22.1 Å². The second kappa shape index (κ2) is 7.86. The summed E-state index contributed by atoms with van der Waals surface area (Å²) in [6.07, 6.45) is 0. The van der Waals surface area contributed by atoms with E-state index >= 15 is 0 Å². The van der Waals surface area contributed by atoms with Gasteiger partial charge in [-0.15, -0.1) is 11.3 Å². The van der Waals surface area contributed by atoms with Crippen molar-refractivity contribution in [1.29, 1.82) is 0 Å². The first-order chi connectivity index (χ1) is 16.6. The molecule has 0 unspecified atom stereocenters. The molecule has 0 aliphatic rings. The Hall–Kier alpha value is -4.43. The van der Waals surface area contributed by atoms with Crippen LogP contribution in [-0.2, 0) is 0 Å². The summed E-state index contributed by atoms with van der Waals surface area (Å²) >= 11 is 1.43. The average molecular weight is 469 g/mol. The van der Waals surface area contributed by atoms with Crippen LogP contribution in [0.5, 0.6) is 11.5 Å². The summed E-state index contributed by atoms with van der Waals surface area (Å²) in [6.45, 7) is 0. The number of benzene rings is 3. The standard InChI is InChI=1S/C26H15NO6S/c1-30-19-7-4-5-15-12-21(32-23(15)19)26(29)31-16-10-9-14-11-17(25(28)33-20(14)13-16)24-27-18-6-2-3-8-22(18)34-24/h2-13H,1H3. The third-order valence-electron chi connectivity index (χ3n) is 5.37. The van der Waals surface area contributed by atoms with Crippen LogP contribution in [-0.4, -0.2) is 18.1 Å². The number of methoxy groups -OCH3 is 1. The predicted octanol–water partition coefficient (Wildman–Crippen LogP) is 6.04. The fourth-order valence-corrected chi connectivity index (χ4v) is 4.72. The zero-order valence-corrected chi connectivity index (χ0v) is 18.5. The van der Waals surface area contributed by atoms with Gasteiger partial charge < -0.3 is 18.3 Å². The monoisotopic (exact) mass is 469 g/mol. The number of rotatable bonds is 4. The summed E-state index contributed by atoms with van der Waals surface area (Å²) in [6, 6.07) is 21.2. The second-order valence-electron chi connectivity index (χ2n) is 7.51. The lowest BCUT2D eigenvalue weighted by Crippen LogP contribution is -2.07. The van der Waals surface area contributed by atoms with Crippen LogP contribution in [0.25, 0.3) is 42.7 Å². The summed E-state index contributed by atoms with van der Waals surface area (Å²) in [5.74, 6) is 0.104. The van der Waals surface area contributed by atoms with Gasteiger partial charge in [0.1, 0.15) is 16.3 Å². The Morgan fingerprint density at radius 3 is 2.68 bits per heavy atom. The first kappa shape index (κ1) is 20.2. The van der Waals surface area contributed by atoms with Gasteiger partial charge in [-0.1, -0.05) is 24.3 Å². The van der Waals surface area contributed by atoms with Gasteiger partial charge in [-0.2, -0.15) is 0 Å². The maximum atomic E-state index is 12.7. The van der Waals surface area contributed by atoms with E-state index in [1.54, 1.807) is 36.4 Å². The molecule has 0 spiro atoms. The van der Waals surface area contributed by atoms with Gasteiger partial charge in [0.25, 0.3) is 0 Å². The van der Waals surface area contributed by atoms with Crippen LogP contribution >= 0.6 is 11.3 Å². The van der Waals surface area contributed by atoms with Gasteiger partial charge in [-0.05, 0) is 42.5 Å². The Balaban J connectivity index is 1.32. The van der Waals surface area contributed by atoms with Gasteiger partial charge in [-0.25, -0.2) is 14.6 Å². The van der Waals surface area contributed by atoms with Crippen LogP contribution < -0.4 is 15.1 Å². The van der Waals surface area contributed by atoms with Crippen LogP contribution in [0, 0.1) is 0 Å². The minimum atomic E-state index is -0.675. The first-order valence-electron chi connectivity index (χ1n) is 10.3. The number of carbonyl (C=O) groups excluding carboxylic acids is 1. The predicted molar refractivity (Wildman–Crippen MR) is 129 cm³/mol. The van der Waals surface area contributed by atoms with E-state index in [0.717, 1.165) is 15.6 Å². The van der Waals surface area contributed by atoms with Crippen LogP contribution in [0.15, 0.2) is 86.4 Å². The third-order valence-corrected chi connectivity index (χ3v) is 6.44. The maximum Gasteiger partial charge on any atom is 0.379 e. The highest BCUT2D eigenvalue weighted by Crippen LogP contribution is 2.32. The van der Waals surface area contributed by atoms with E-state index in [2.05, 4.69) is 4.98 Å². The van der Waals surface area contributed by atoms with Gasteiger partial charge >= 0.3 is 11.6 Å². The SMILES string of the molecule is COc1cccc2cc(C(=O)Oc3ccc4cc(-c5nc6ccccc6s5)c(=O)oc4c3)oc12. The van der Waals surface area contributed by atoms with Crippen molar-refractivity contribution in [3.05, 3.63) is 89.0 Å². The molecule has 0 radical (unpaired) electrons. The molecule has 3 heterocycles. The van der Waals surface area contributed by atoms with E-state index in [4.69, 9.17) is 18.3 Å². The number of carbonyl (C=O) groups is 1. The highest BCUT2D eigenvalue weighted by molar-refractivity contribution is 7.21. The van der Waals surface area contributed by atoms with Crippen molar-refractivity contribution in [3.63, 3.8) is 0 Å².